The van der Waals surface area contributed by atoms with E-state index in [0.29, 0.717) is 24.0 Å². The monoisotopic (exact) mass is 554 g/mol. The largest absolute Gasteiger partial charge is 0.496 e. The molecule has 2 saturated heterocycles. The molecule has 4 rings (SSSR count). The van der Waals surface area contributed by atoms with Crippen molar-refractivity contribution in [3.63, 3.8) is 0 Å². The molecule has 3 aliphatic rings. The number of hydrogen-bond acceptors (Lipinski definition) is 6. The zero-order valence-electron chi connectivity index (χ0n) is 25.6. The van der Waals surface area contributed by atoms with Gasteiger partial charge in [0.2, 0.25) is 0 Å². The Hall–Kier alpha value is -2.44. The predicted octanol–water partition coefficient (Wildman–Crippen LogP) is 6.92. The lowest BCUT2D eigenvalue weighted by molar-refractivity contribution is -0.135. The molecule has 0 spiro atoms. The number of esters is 1. The van der Waals surface area contributed by atoms with Crippen molar-refractivity contribution in [3.8, 4) is 11.5 Å². The first kappa shape index (κ1) is 33.8. The van der Waals surface area contributed by atoms with E-state index in [9.17, 15) is 9.59 Å². The van der Waals surface area contributed by atoms with Crippen LogP contribution >= 0.6 is 0 Å². The summed E-state index contributed by atoms with van der Waals surface area (Å²) in [5, 5.41) is 6.53. The fourth-order valence-corrected chi connectivity index (χ4v) is 5.68. The molecule has 0 aromatic heterocycles. The van der Waals surface area contributed by atoms with Crippen LogP contribution in [-0.2, 0) is 16.0 Å². The van der Waals surface area contributed by atoms with E-state index in [1.165, 1.54) is 30.4 Å². The molecule has 1 aromatic carbocycles. The molecule has 3 atom stereocenters. The second-order valence-electron chi connectivity index (χ2n) is 11.4. The van der Waals surface area contributed by atoms with Crippen LogP contribution in [0, 0.1) is 11.8 Å². The Morgan fingerprint density at radius 1 is 1.07 bits per heavy atom. The summed E-state index contributed by atoms with van der Waals surface area (Å²) in [6.45, 7) is 13.7. The number of unbranched alkanes of at least 4 members (excludes halogenated alkanes) is 2. The zero-order valence-corrected chi connectivity index (χ0v) is 25.6. The summed E-state index contributed by atoms with van der Waals surface area (Å²) in [6.07, 6.45) is 16.5. The maximum absolute atomic E-state index is 12.7. The average molecular weight is 555 g/mol. The predicted molar refractivity (Wildman–Crippen MR) is 165 cm³/mol. The highest BCUT2D eigenvalue weighted by Gasteiger charge is 2.26. The van der Waals surface area contributed by atoms with Crippen molar-refractivity contribution in [1.29, 1.82) is 0 Å². The van der Waals surface area contributed by atoms with Gasteiger partial charge in [-0.2, -0.15) is 0 Å². The van der Waals surface area contributed by atoms with Crippen molar-refractivity contribution in [2.24, 2.45) is 11.8 Å². The van der Waals surface area contributed by atoms with Crippen LogP contribution < -0.4 is 20.1 Å². The Labute approximate surface area is 243 Å². The Morgan fingerprint density at radius 2 is 1.75 bits per heavy atom. The third-order valence-electron chi connectivity index (χ3n) is 7.83. The van der Waals surface area contributed by atoms with Gasteiger partial charge in [0.25, 0.3) is 0 Å². The number of ether oxygens (including phenoxy) is 2. The number of methoxy groups -OCH3 is 1. The normalized spacial score (nSPS) is 21.7. The van der Waals surface area contributed by atoms with Crippen LogP contribution in [0.3, 0.4) is 0 Å². The Bertz CT molecular complexity index is 930. The first-order chi connectivity index (χ1) is 19.4. The molecular formula is C34H54N2O4. The highest BCUT2D eigenvalue weighted by molar-refractivity contribution is 5.74. The first-order valence-corrected chi connectivity index (χ1v) is 15.5. The molecule has 2 N–H and O–H groups in total. The van der Waals surface area contributed by atoms with Gasteiger partial charge in [-0.25, -0.2) is 0 Å². The van der Waals surface area contributed by atoms with E-state index in [1.807, 2.05) is 6.92 Å². The number of allylic oxidation sites excluding steroid dienone is 3. The molecule has 40 heavy (non-hydrogen) atoms. The van der Waals surface area contributed by atoms with Crippen LogP contribution in [0.1, 0.15) is 102 Å². The molecule has 2 fully saturated rings. The Morgan fingerprint density at radius 3 is 2.33 bits per heavy atom. The third-order valence-corrected chi connectivity index (χ3v) is 7.83. The summed E-state index contributed by atoms with van der Waals surface area (Å²) < 4.78 is 11.8. The lowest BCUT2D eigenvalue weighted by Crippen LogP contribution is -2.18. The summed E-state index contributed by atoms with van der Waals surface area (Å²) in [6, 6.07) is 4.25. The smallest absolute Gasteiger partial charge is 0.311 e. The topological polar surface area (TPSA) is 76.7 Å². The van der Waals surface area contributed by atoms with Crippen LogP contribution in [0.4, 0.5) is 0 Å². The van der Waals surface area contributed by atoms with Gasteiger partial charge in [0.05, 0.1) is 13.5 Å². The van der Waals surface area contributed by atoms with E-state index in [1.54, 1.807) is 13.2 Å². The molecular weight excluding hydrogens is 500 g/mol. The minimum atomic E-state index is -0.121. The van der Waals surface area contributed by atoms with Crippen molar-refractivity contribution in [2.45, 2.75) is 97.3 Å². The molecule has 224 valence electrons. The highest BCUT2D eigenvalue weighted by atomic mass is 16.5. The summed E-state index contributed by atoms with van der Waals surface area (Å²) in [4.78, 5) is 22.7. The maximum Gasteiger partial charge on any atom is 0.311 e. The number of carbonyl (C=O) groups excluding carboxylic acids is 2. The Kier molecular flexibility index (Phi) is 16.5. The fourth-order valence-electron chi connectivity index (χ4n) is 5.68. The van der Waals surface area contributed by atoms with Gasteiger partial charge in [0, 0.05) is 17.9 Å². The summed E-state index contributed by atoms with van der Waals surface area (Å²) in [7, 11) is 1.73. The highest BCUT2D eigenvalue weighted by Crippen LogP contribution is 2.43. The van der Waals surface area contributed by atoms with E-state index < -0.39 is 0 Å². The summed E-state index contributed by atoms with van der Waals surface area (Å²) in [5.74, 6) is 2.72. The number of carbonyl (C=O) groups is 2. The Balaban J connectivity index is 0.000000427. The van der Waals surface area contributed by atoms with E-state index >= 15 is 0 Å². The van der Waals surface area contributed by atoms with Crippen molar-refractivity contribution in [3.05, 3.63) is 47.6 Å². The van der Waals surface area contributed by atoms with Crippen molar-refractivity contribution >= 4 is 12.3 Å². The lowest BCUT2D eigenvalue weighted by atomic mass is 9.84. The number of benzene rings is 1. The van der Waals surface area contributed by atoms with Gasteiger partial charge < -0.3 is 24.9 Å². The average Bonchev–Trinajstić information content (AvgIpc) is 3.64. The van der Waals surface area contributed by atoms with Gasteiger partial charge in [-0.3, -0.25) is 4.79 Å². The first-order valence-electron chi connectivity index (χ1n) is 15.5. The number of aryl methyl sites for hydroxylation is 1. The van der Waals surface area contributed by atoms with Crippen LogP contribution in [-0.4, -0.2) is 45.5 Å². The molecule has 1 aliphatic carbocycles. The van der Waals surface area contributed by atoms with Gasteiger partial charge in [-0.1, -0.05) is 37.5 Å². The fraction of sp³-hybridized carbons (Fsp3) is 0.647. The van der Waals surface area contributed by atoms with Gasteiger partial charge in [-0.15, -0.1) is 6.58 Å². The standard InChI is InChI=1S/C25H37NO3.C6H11NO.C3H6/c1-4-5-6-9-19-14-22(28-3)25(21-10-7-8-18(2)13-21)23(15-19)29-24(27)16-20-11-12-26-17-20;8-4-2-6-1-3-7-5-6;1-3-2/h13-15,20-21,26H,4-12,16-17H2,1-3H3;4,6-7H,1-3,5H2;3H,1H2,2H3/t20?,21-;;/m1../s1. The van der Waals surface area contributed by atoms with E-state index in [2.05, 4.69) is 49.3 Å². The van der Waals surface area contributed by atoms with E-state index in [-0.39, 0.29) is 11.9 Å². The molecule has 2 unspecified atom stereocenters. The van der Waals surface area contributed by atoms with Crippen molar-refractivity contribution in [2.75, 3.05) is 33.3 Å². The van der Waals surface area contributed by atoms with E-state index in [4.69, 9.17) is 9.47 Å². The quantitative estimate of drug-likeness (QED) is 0.102. The molecule has 2 heterocycles. The molecule has 1 aromatic rings. The van der Waals surface area contributed by atoms with Crippen LogP contribution in [0.25, 0.3) is 0 Å². The second kappa shape index (κ2) is 19.6. The summed E-state index contributed by atoms with van der Waals surface area (Å²) in [5.41, 5.74) is 3.65. The van der Waals surface area contributed by atoms with Gasteiger partial charge in [0.1, 0.15) is 17.8 Å². The minimum Gasteiger partial charge on any atom is -0.496 e. The molecule has 6 heteroatoms. The van der Waals surface area contributed by atoms with Gasteiger partial charge in [0.15, 0.2) is 0 Å². The molecule has 6 nitrogen and oxygen atoms in total. The lowest BCUT2D eigenvalue weighted by Gasteiger charge is -2.25. The second-order valence-corrected chi connectivity index (χ2v) is 11.4. The SMILES string of the molecule is C=CC.CCCCCc1cc(OC)c([C@H]2C=C(C)CCC2)c(OC(=O)CC2CCNC2)c1.O=CCC1CCNC1. The minimum absolute atomic E-state index is 0.121. The maximum atomic E-state index is 12.7. The molecule has 0 saturated carbocycles. The molecule has 0 radical (unpaired) electrons. The zero-order chi connectivity index (χ0) is 29.2. The van der Waals surface area contributed by atoms with Gasteiger partial charge >= 0.3 is 5.97 Å². The number of hydrogen-bond donors (Lipinski definition) is 2. The number of aldehydes is 1. The molecule has 2 aliphatic heterocycles. The van der Waals surface area contributed by atoms with Crippen molar-refractivity contribution in [1.82, 2.24) is 10.6 Å². The third kappa shape index (κ3) is 12.0. The van der Waals surface area contributed by atoms with Crippen LogP contribution in [0.15, 0.2) is 36.4 Å². The van der Waals surface area contributed by atoms with Crippen LogP contribution in [0.5, 0.6) is 11.5 Å². The van der Waals surface area contributed by atoms with Crippen LogP contribution in [0.2, 0.25) is 0 Å². The summed E-state index contributed by atoms with van der Waals surface area (Å²) >= 11 is 0. The molecule has 0 amide bonds. The number of nitrogens with one attached hydrogen (secondary N) is 2. The van der Waals surface area contributed by atoms with Crippen molar-refractivity contribution < 1.29 is 19.1 Å². The van der Waals surface area contributed by atoms with Gasteiger partial charge in [-0.05, 0) is 115 Å². The van der Waals surface area contributed by atoms with E-state index in [0.717, 1.165) is 88.7 Å². The number of rotatable bonds is 11. The molecule has 0 bridgehead atoms.